The van der Waals surface area contributed by atoms with E-state index in [2.05, 4.69) is 10.6 Å². The maximum absolute atomic E-state index is 12.1. The Bertz CT molecular complexity index is 740. The van der Waals surface area contributed by atoms with Crippen molar-refractivity contribution in [3.63, 3.8) is 0 Å². The molecule has 0 unspecified atom stereocenters. The van der Waals surface area contributed by atoms with Crippen molar-refractivity contribution in [2.45, 2.75) is 20.0 Å². The van der Waals surface area contributed by atoms with E-state index in [4.69, 9.17) is 5.84 Å². The molecule has 1 heterocycles. The number of nitrogens with two attached hydrogens (primary N) is 1. The average molecular weight is 346 g/mol. The number of amides is 3. The molecular formula is C16H18N4O3S. The lowest BCUT2D eigenvalue weighted by Crippen LogP contribution is -2.29. The molecule has 0 radical (unpaired) electrons. The lowest BCUT2D eigenvalue weighted by molar-refractivity contribution is -0.119. The van der Waals surface area contributed by atoms with Crippen LogP contribution in [0, 0.1) is 0 Å². The van der Waals surface area contributed by atoms with Gasteiger partial charge in [0.1, 0.15) is 0 Å². The second-order valence-corrected chi connectivity index (χ2v) is 6.13. The minimum atomic E-state index is -0.422. The zero-order chi connectivity index (χ0) is 17.5. The molecule has 0 fully saturated rings. The lowest BCUT2D eigenvalue weighted by atomic mass is 10.1. The maximum atomic E-state index is 12.1. The second kappa shape index (κ2) is 8.23. The highest BCUT2D eigenvalue weighted by Crippen LogP contribution is 2.16. The van der Waals surface area contributed by atoms with Crippen molar-refractivity contribution in [1.82, 2.24) is 16.1 Å². The molecule has 8 heteroatoms. The van der Waals surface area contributed by atoms with E-state index in [-0.39, 0.29) is 11.8 Å². The number of hydrogen-bond acceptors (Lipinski definition) is 5. The molecule has 2 aromatic rings. The van der Waals surface area contributed by atoms with E-state index in [1.54, 1.807) is 12.1 Å². The molecule has 5 N–H and O–H groups in total. The highest BCUT2D eigenvalue weighted by Gasteiger charge is 2.12. The first-order valence-corrected chi connectivity index (χ1v) is 8.02. The molecule has 0 aliphatic carbocycles. The molecule has 24 heavy (non-hydrogen) atoms. The van der Waals surface area contributed by atoms with Gasteiger partial charge in [0.05, 0.1) is 9.75 Å². The number of hydrogen-bond donors (Lipinski definition) is 4. The van der Waals surface area contributed by atoms with Gasteiger partial charge in [-0.25, -0.2) is 5.84 Å². The summed E-state index contributed by atoms with van der Waals surface area (Å²) in [5.74, 6) is 4.31. The highest BCUT2D eigenvalue weighted by molar-refractivity contribution is 7.15. The Hall–Kier alpha value is -2.71. The quantitative estimate of drug-likeness (QED) is 0.354. The first-order chi connectivity index (χ1) is 11.5. The van der Waals surface area contributed by atoms with Crippen LogP contribution in [0.25, 0.3) is 0 Å². The number of nitrogens with one attached hydrogen (secondary N) is 3. The standard InChI is InChI=1S/C16H18N4O3S/c1-10(21)18-8-11-2-4-12(5-3-11)9-19-15(22)13-6-7-14(24-13)16(23)20-17/h2-7H,8-9,17H2,1H3,(H,18,21)(H,19,22)(H,20,23). The molecule has 1 aromatic heterocycles. The van der Waals surface area contributed by atoms with Crippen LogP contribution in [0.1, 0.15) is 37.4 Å². The van der Waals surface area contributed by atoms with Gasteiger partial charge in [-0.3, -0.25) is 19.8 Å². The van der Waals surface area contributed by atoms with E-state index >= 15 is 0 Å². The zero-order valence-corrected chi connectivity index (χ0v) is 13.9. The normalized spacial score (nSPS) is 10.1. The number of hydrazine groups is 1. The summed E-state index contributed by atoms with van der Waals surface area (Å²) in [7, 11) is 0. The number of rotatable bonds is 6. The van der Waals surface area contributed by atoms with Crippen LogP contribution >= 0.6 is 11.3 Å². The predicted molar refractivity (Wildman–Crippen MR) is 91.1 cm³/mol. The fourth-order valence-electron chi connectivity index (χ4n) is 1.92. The fourth-order valence-corrected chi connectivity index (χ4v) is 2.75. The molecule has 0 saturated carbocycles. The molecule has 0 bridgehead atoms. The first-order valence-electron chi connectivity index (χ1n) is 7.21. The van der Waals surface area contributed by atoms with Gasteiger partial charge in [0.2, 0.25) is 5.91 Å². The van der Waals surface area contributed by atoms with Crippen molar-refractivity contribution in [1.29, 1.82) is 0 Å². The van der Waals surface area contributed by atoms with Crippen LogP contribution in [0.15, 0.2) is 36.4 Å². The highest BCUT2D eigenvalue weighted by atomic mass is 32.1. The zero-order valence-electron chi connectivity index (χ0n) is 13.1. The number of carbonyl (C=O) groups is 3. The summed E-state index contributed by atoms with van der Waals surface area (Å²) in [6.45, 7) is 2.32. The Morgan fingerprint density at radius 1 is 0.875 bits per heavy atom. The van der Waals surface area contributed by atoms with Crippen LogP contribution in [0.5, 0.6) is 0 Å². The average Bonchev–Trinajstić information content (AvgIpc) is 3.08. The summed E-state index contributed by atoms with van der Waals surface area (Å²) in [6, 6.07) is 10.7. The van der Waals surface area contributed by atoms with E-state index < -0.39 is 5.91 Å². The van der Waals surface area contributed by atoms with E-state index in [1.807, 2.05) is 29.7 Å². The second-order valence-electron chi connectivity index (χ2n) is 5.05. The maximum Gasteiger partial charge on any atom is 0.275 e. The molecule has 7 nitrogen and oxygen atoms in total. The van der Waals surface area contributed by atoms with Crippen molar-refractivity contribution in [2.75, 3.05) is 0 Å². The Labute approximate surface area is 143 Å². The Kier molecular flexibility index (Phi) is 6.05. The third kappa shape index (κ3) is 4.90. The van der Waals surface area contributed by atoms with Gasteiger partial charge in [-0.15, -0.1) is 11.3 Å². The first kappa shape index (κ1) is 17.6. The van der Waals surface area contributed by atoms with E-state index in [9.17, 15) is 14.4 Å². The number of carbonyl (C=O) groups excluding carboxylic acids is 3. The number of thiophene rings is 1. The van der Waals surface area contributed by atoms with Gasteiger partial charge in [-0.2, -0.15) is 0 Å². The van der Waals surface area contributed by atoms with Crippen LogP contribution in [0.3, 0.4) is 0 Å². The summed E-state index contributed by atoms with van der Waals surface area (Å²) < 4.78 is 0. The Morgan fingerprint density at radius 2 is 1.38 bits per heavy atom. The van der Waals surface area contributed by atoms with Gasteiger partial charge in [-0.1, -0.05) is 24.3 Å². The van der Waals surface area contributed by atoms with Crippen molar-refractivity contribution >= 4 is 29.1 Å². The molecule has 0 spiro atoms. The topological polar surface area (TPSA) is 113 Å². The predicted octanol–water partition coefficient (Wildman–Crippen LogP) is 0.918. The largest absolute Gasteiger partial charge is 0.352 e. The van der Waals surface area contributed by atoms with Gasteiger partial charge in [0.25, 0.3) is 11.8 Å². The molecule has 0 atom stereocenters. The molecule has 3 amide bonds. The summed E-state index contributed by atoms with van der Waals surface area (Å²) >= 11 is 1.08. The Balaban J connectivity index is 1.88. The summed E-state index contributed by atoms with van der Waals surface area (Å²) in [4.78, 5) is 35.1. The molecule has 0 aliphatic rings. The molecule has 0 aliphatic heterocycles. The van der Waals surface area contributed by atoms with Gasteiger partial charge in [0, 0.05) is 20.0 Å². The van der Waals surface area contributed by atoms with Crippen molar-refractivity contribution in [3.05, 3.63) is 57.3 Å². The summed E-state index contributed by atoms with van der Waals surface area (Å²) in [6.07, 6.45) is 0. The minimum absolute atomic E-state index is 0.0787. The third-order valence-corrected chi connectivity index (χ3v) is 4.28. The van der Waals surface area contributed by atoms with Gasteiger partial charge >= 0.3 is 0 Å². The molecule has 1 aromatic carbocycles. The Morgan fingerprint density at radius 3 is 1.88 bits per heavy atom. The van der Waals surface area contributed by atoms with E-state index in [1.165, 1.54) is 6.92 Å². The monoisotopic (exact) mass is 346 g/mol. The lowest BCUT2D eigenvalue weighted by Gasteiger charge is -2.06. The minimum Gasteiger partial charge on any atom is -0.352 e. The summed E-state index contributed by atoms with van der Waals surface area (Å²) in [5.41, 5.74) is 3.95. The molecule has 126 valence electrons. The van der Waals surface area contributed by atoms with Crippen LogP contribution in [-0.4, -0.2) is 17.7 Å². The van der Waals surface area contributed by atoms with Crippen LogP contribution in [-0.2, 0) is 17.9 Å². The van der Waals surface area contributed by atoms with Crippen LogP contribution < -0.4 is 21.9 Å². The van der Waals surface area contributed by atoms with Gasteiger partial charge in [0.15, 0.2) is 0 Å². The SMILES string of the molecule is CC(=O)NCc1ccc(CNC(=O)c2ccc(C(=O)NN)s2)cc1. The van der Waals surface area contributed by atoms with Crippen LogP contribution in [0.2, 0.25) is 0 Å². The van der Waals surface area contributed by atoms with Gasteiger partial charge in [-0.05, 0) is 23.3 Å². The molecule has 0 saturated heterocycles. The fraction of sp³-hybridized carbons (Fsp3) is 0.188. The van der Waals surface area contributed by atoms with E-state index in [0.717, 1.165) is 22.5 Å². The van der Waals surface area contributed by atoms with Crippen LogP contribution in [0.4, 0.5) is 0 Å². The third-order valence-electron chi connectivity index (χ3n) is 3.20. The van der Waals surface area contributed by atoms with Gasteiger partial charge < -0.3 is 10.6 Å². The number of benzene rings is 1. The smallest absolute Gasteiger partial charge is 0.275 e. The number of nitrogen functional groups attached to an aromatic ring is 1. The summed E-state index contributed by atoms with van der Waals surface area (Å²) in [5, 5.41) is 5.51. The molecule has 2 rings (SSSR count). The molecular weight excluding hydrogens is 328 g/mol. The van der Waals surface area contributed by atoms with Crippen molar-refractivity contribution < 1.29 is 14.4 Å². The van der Waals surface area contributed by atoms with E-state index in [0.29, 0.717) is 22.8 Å². The van der Waals surface area contributed by atoms with Crippen molar-refractivity contribution in [2.24, 2.45) is 5.84 Å². The van der Waals surface area contributed by atoms with Crippen molar-refractivity contribution in [3.8, 4) is 0 Å².